The molecule has 3 nitrogen and oxygen atoms in total. The molecule has 1 aromatic rings. The summed E-state index contributed by atoms with van der Waals surface area (Å²) in [5.74, 6) is 1.07. The highest BCUT2D eigenvalue weighted by Crippen LogP contribution is 2.33. The minimum Gasteiger partial charge on any atom is -0.493 e. The van der Waals surface area contributed by atoms with Crippen LogP contribution in [-0.2, 0) is 17.6 Å². The van der Waals surface area contributed by atoms with Crippen LogP contribution >= 0.6 is 15.9 Å². The molecule has 0 radical (unpaired) electrons. The fraction of sp³-hybridized carbons (Fsp3) is 0.538. The van der Waals surface area contributed by atoms with Gasteiger partial charge in [0, 0.05) is 24.0 Å². The van der Waals surface area contributed by atoms with Crippen LogP contribution in [0.4, 0.5) is 0 Å². The van der Waals surface area contributed by atoms with Crippen molar-refractivity contribution < 1.29 is 9.47 Å². The molecule has 0 bridgehead atoms. The molecule has 4 heteroatoms. The van der Waals surface area contributed by atoms with E-state index in [4.69, 9.17) is 15.2 Å². The number of nitrogens with two attached hydrogens (primary N) is 1. The van der Waals surface area contributed by atoms with Gasteiger partial charge < -0.3 is 15.2 Å². The zero-order valence-corrected chi connectivity index (χ0v) is 11.6. The first-order chi connectivity index (χ1) is 8.20. The van der Waals surface area contributed by atoms with Gasteiger partial charge >= 0.3 is 0 Å². The van der Waals surface area contributed by atoms with Crippen LogP contribution in [0.2, 0.25) is 0 Å². The lowest BCUT2D eigenvalue weighted by Gasteiger charge is -2.12. The maximum atomic E-state index is 5.94. The molecule has 94 valence electrons. The van der Waals surface area contributed by atoms with Crippen molar-refractivity contribution in [2.45, 2.75) is 25.3 Å². The van der Waals surface area contributed by atoms with Crippen molar-refractivity contribution in [1.82, 2.24) is 0 Å². The van der Waals surface area contributed by atoms with Crippen molar-refractivity contribution >= 4 is 15.9 Å². The molecule has 0 saturated heterocycles. The maximum Gasteiger partial charge on any atom is 0.125 e. The van der Waals surface area contributed by atoms with Gasteiger partial charge in [-0.05, 0) is 36.1 Å². The van der Waals surface area contributed by atoms with Gasteiger partial charge in [0.2, 0.25) is 0 Å². The Balaban J connectivity index is 2.05. The normalized spacial score (nSPS) is 15.5. The zero-order chi connectivity index (χ0) is 12.3. The van der Waals surface area contributed by atoms with E-state index in [-0.39, 0.29) is 6.04 Å². The third kappa shape index (κ3) is 3.21. The fourth-order valence-electron chi connectivity index (χ4n) is 2.17. The molecule has 0 aliphatic carbocycles. The maximum absolute atomic E-state index is 5.94. The molecular weight excluding hydrogens is 282 g/mol. The summed E-state index contributed by atoms with van der Waals surface area (Å²) in [5, 5.41) is 0. The standard InChI is InChI=1S/C13H18BrNO2/c1-16-8-12(15)3-2-9-6-11(14)7-10-4-5-17-13(9)10/h6-7,12H,2-5,8,15H2,1H3. The molecule has 0 spiro atoms. The van der Waals surface area contributed by atoms with Crippen LogP contribution in [-0.4, -0.2) is 26.4 Å². The highest BCUT2D eigenvalue weighted by Gasteiger charge is 2.17. The third-order valence-corrected chi connectivity index (χ3v) is 3.45. The van der Waals surface area contributed by atoms with Gasteiger partial charge in [0.05, 0.1) is 13.2 Å². The number of aryl methyl sites for hydroxylation is 1. The average Bonchev–Trinajstić information content (AvgIpc) is 2.74. The molecule has 0 saturated carbocycles. The minimum atomic E-state index is 0.0936. The second-order valence-corrected chi connectivity index (χ2v) is 5.32. The summed E-state index contributed by atoms with van der Waals surface area (Å²) in [7, 11) is 1.68. The van der Waals surface area contributed by atoms with Gasteiger partial charge in [-0.3, -0.25) is 0 Å². The van der Waals surface area contributed by atoms with Crippen LogP contribution in [0.15, 0.2) is 16.6 Å². The van der Waals surface area contributed by atoms with Crippen molar-refractivity contribution in [1.29, 1.82) is 0 Å². The van der Waals surface area contributed by atoms with Crippen molar-refractivity contribution in [3.63, 3.8) is 0 Å². The van der Waals surface area contributed by atoms with Crippen molar-refractivity contribution in [3.8, 4) is 5.75 Å². The molecule has 1 aromatic carbocycles. The second kappa shape index (κ2) is 5.85. The summed E-state index contributed by atoms with van der Waals surface area (Å²) in [4.78, 5) is 0. The Kier molecular flexibility index (Phi) is 4.42. The molecule has 2 N–H and O–H groups in total. The number of halogens is 1. The van der Waals surface area contributed by atoms with Crippen LogP contribution in [0.5, 0.6) is 5.75 Å². The van der Waals surface area contributed by atoms with Gasteiger partial charge in [-0.1, -0.05) is 15.9 Å². The predicted octanol–water partition coefficient (Wildman–Crippen LogP) is 2.29. The molecule has 0 amide bonds. The molecule has 1 aliphatic heterocycles. The lowest BCUT2D eigenvalue weighted by molar-refractivity contribution is 0.177. The summed E-state index contributed by atoms with van der Waals surface area (Å²) in [6.45, 7) is 1.40. The molecule has 1 aliphatic rings. The van der Waals surface area contributed by atoms with E-state index in [1.807, 2.05) is 0 Å². The summed E-state index contributed by atoms with van der Waals surface area (Å²) < 4.78 is 11.8. The first-order valence-electron chi connectivity index (χ1n) is 5.89. The fourth-order valence-corrected chi connectivity index (χ4v) is 2.72. The van der Waals surface area contributed by atoms with Crippen molar-refractivity contribution in [2.75, 3.05) is 20.3 Å². The third-order valence-electron chi connectivity index (χ3n) is 2.99. The average molecular weight is 300 g/mol. The second-order valence-electron chi connectivity index (χ2n) is 4.41. The summed E-state index contributed by atoms with van der Waals surface area (Å²) in [6, 6.07) is 4.36. The van der Waals surface area contributed by atoms with Crippen molar-refractivity contribution in [2.24, 2.45) is 5.73 Å². The van der Waals surface area contributed by atoms with Crippen LogP contribution < -0.4 is 10.5 Å². The predicted molar refractivity (Wildman–Crippen MR) is 71.5 cm³/mol. The molecular formula is C13H18BrNO2. The number of hydrogen-bond donors (Lipinski definition) is 1. The van der Waals surface area contributed by atoms with E-state index >= 15 is 0 Å². The molecule has 2 rings (SSSR count). The number of hydrogen-bond acceptors (Lipinski definition) is 3. The lowest BCUT2D eigenvalue weighted by atomic mass is 10.0. The van der Waals surface area contributed by atoms with Gasteiger partial charge in [-0.25, -0.2) is 0 Å². The molecule has 17 heavy (non-hydrogen) atoms. The summed E-state index contributed by atoms with van der Waals surface area (Å²) in [5.41, 5.74) is 8.49. The van der Waals surface area contributed by atoms with Crippen LogP contribution in [0.1, 0.15) is 17.5 Å². The summed E-state index contributed by atoms with van der Waals surface area (Å²) >= 11 is 3.54. The first kappa shape index (κ1) is 12.9. The zero-order valence-electron chi connectivity index (χ0n) is 10.0. The lowest BCUT2D eigenvalue weighted by Crippen LogP contribution is -2.26. The summed E-state index contributed by atoms with van der Waals surface area (Å²) in [6.07, 6.45) is 2.86. The largest absolute Gasteiger partial charge is 0.493 e. The van der Waals surface area contributed by atoms with E-state index in [0.717, 1.165) is 36.1 Å². The van der Waals surface area contributed by atoms with Crippen molar-refractivity contribution in [3.05, 3.63) is 27.7 Å². The van der Waals surface area contributed by atoms with Gasteiger partial charge in [0.1, 0.15) is 5.75 Å². The number of ether oxygens (including phenoxy) is 2. The van der Waals surface area contributed by atoms with E-state index in [9.17, 15) is 0 Å². The smallest absolute Gasteiger partial charge is 0.125 e. The molecule has 1 unspecified atom stereocenters. The number of benzene rings is 1. The highest BCUT2D eigenvalue weighted by molar-refractivity contribution is 9.10. The van der Waals surface area contributed by atoms with Gasteiger partial charge in [0.15, 0.2) is 0 Å². The van der Waals surface area contributed by atoms with E-state index < -0.39 is 0 Å². The van der Waals surface area contributed by atoms with E-state index in [1.54, 1.807) is 7.11 Å². The highest BCUT2D eigenvalue weighted by atomic mass is 79.9. The number of methoxy groups -OCH3 is 1. The Morgan fingerprint density at radius 3 is 3.12 bits per heavy atom. The Labute approximate surface area is 110 Å². The molecule has 1 heterocycles. The molecule has 0 aromatic heterocycles. The quantitative estimate of drug-likeness (QED) is 0.907. The van der Waals surface area contributed by atoms with E-state index in [0.29, 0.717) is 6.61 Å². The van der Waals surface area contributed by atoms with E-state index in [1.165, 1.54) is 11.1 Å². The molecule has 1 atom stereocenters. The Bertz CT molecular complexity index is 395. The Morgan fingerprint density at radius 1 is 1.53 bits per heavy atom. The Hall–Kier alpha value is -0.580. The van der Waals surface area contributed by atoms with Gasteiger partial charge in [-0.2, -0.15) is 0 Å². The number of rotatable bonds is 5. The number of fused-ring (bicyclic) bond motifs is 1. The van der Waals surface area contributed by atoms with Gasteiger partial charge in [-0.15, -0.1) is 0 Å². The molecule has 0 fully saturated rings. The first-order valence-corrected chi connectivity index (χ1v) is 6.68. The topological polar surface area (TPSA) is 44.5 Å². The Morgan fingerprint density at radius 2 is 2.35 bits per heavy atom. The minimum absolute atomic E-state index is 0.0936. The van der Waals surface area contributed by atoms with E-state index in [2.05, 4.69) is 28.1 Å². The van der Waals surface area contributed by atoms with Crippen LogP contribution in [0, 0.1) is 0 Å². The van der Waals surface area contributed by atoms with Gasteiger partial charge in [0.25, 0.3) is 0 Å². The van der Waals surface area contributed by atoms with Crippen LogP contribution in [0.3, 0.4) is 0 Å². The SMILES string of the molecule is COCC(N)CCc1cc(Br)cc2c1OCC2. The monoisotopic (exact) mass is 299 g/mol. The van der Waals surface area contributed by atoms with Crippen LogP contribution in [0.25, 0.3) is 0 Å².